The fourth-order valence-corrected chi connectivity index (χ4v) is 2.56. The molecule has 0 radical (unpaired) electrons. The number of aromatic nitrogens is 2. The van der Waals surface area contributed by atoms with Gasteiger partial charge in [0.05, 0.1) is 6.61 Å². The molecule has 1 aliphatic carbocycles. The van der Waals surface area contributed by atoms with Gasteiger partial charge in [0.25, 0.3) is 0 Å². The van der Waals surface area contributed by atoms with Gasteiger partial charge < -0.3 is 15.4 Å². The number of rotatable bonds is 6. The summed E-state index contributed by atoms with van der Waals surface area (Å²) in [7, 11) is 0. The second-order valence-corrected chi connectivity index (χ2v) is 5.82. The average molecular weight is 276 g/mol. The molecular formula is C15H24N4O. The molecule has 1 atom stereocenters. The molecule has 2 N–H and O–H groups in total. The van der Waals surface area contributed by atoms with Crippen molar-refractivity contribution in [2.45, 2.75) is 39.0 Å². The maximum Gasteiger partial charge on any atom is 0.136 e. The monoisotopic (exact) mass is 276 g/mol. The summed E-state index contributed by atoms with van der Waals surface area (Å²) in [5, 5.41) is 6.86. The molecule has 1 aliphatic heterocycles. The van der Waals surface area contributed by atoms with Crippen LogP contribution in [-0.2, 0) is 4.74 Å². The molecule has 0 bridgehead atoms. The zero-order valence-electron chi connectivity index (χ0n) is 12.4. The van der Waals surface area contributed by atoms with Crippen molar-refractivity contribution in [1.29, 1.82) is 0 Å². The number of hydrogen-bond acceptors (Lipinski definition) is 5. The second kappa shape index (κ2) is 5.95. The molecule has 2 aliphatic rings. The lowest BCUT2D eigenvalue weighted by Gasteiger charge is -2.16. The summed E-state index contributed by atoms with van der Waals surface area (Å²) in [5.41, 5.74) is 1.12. The Morgan fingerprint density at radius 3 is 2.50 bits per heavy atom. The Morgan fingerprint density at radius 2 is 1.90 bits per heavy atom. The minimum absolute atomic E-state index is 0.573. The van der Waals surface area contributed by atoms with Crippen LogP contribution < -0.4 is 10.6 Å². The van der Waals surface area contributed by atoms with Crippen LogP contribution in [0.3, 0.4) is 0 Å². The Balaban J connectivity index is 1.76. The summed E-state index contributed by atoms with van der Waals surface area (Å²) in [6, 6.07) is 0. The van der Waals surface area contributed by atoms with Gasteiger partial charge in [-0.2, -0.15) is 0 Å². The van der Waals surface area contributed by atoms with Gasteiger partial charge in [-0.1, -0.05) is 0 Å². The number of anilines is 2. The summed E-state index contributed by atoms with van der Waals surface area (Å²) in [5.74, 6) is 4.15. The number of ether oxygens (including phenoxy) is 1. The van der Waals surface area contributed by atoms with E-state index in [1.807, 2.05) is 0 Å². The fourth-order valence-electron chi connectivity index (χ4n) is 2.56. The van der Waals surface area contributed by atoms with Crippen molar-refractivity contribution in [3.63, 3.8) is 0 Å². The zero-order valence-corrected chi connectivity index (χ0v) is 12.4. The van der Waals surface area contributed by atoms with Crippen LogP contribution in [0.25, 0.3) is 0 Å². The smallest absolute Gasteiger partial charge is 0.136 e. The van der Waals surface area contributed by atoms with Gasteiger partial charge in [-0.05, 0) is 33.1 Å². The third-order valence-corrected chi connectivity index (χ3v) is 4.03. The van der Waals surface area contributed by atoms with E-state index in [9.17, 15) is 0 Å². The normalized spacial score (nSPS) is 22.0. The third-order valence-electron chi connectivity index (χ3n) is 4.03. The minimum Gasteiger partial charge on any atom is -0.381 e. The molecule has 0 amide bonds. The summed E-state index contributed by atoms with van der Waals surface area (Å²) < 4.78 is 5.42. The largest absolute Gasteiger partial charge is 0.381 e. The highest BCUT2D eigenvalue weighted by atomic mass is 16.5. The maximum atomic E-state index is 5.42. The van der Waals surface area contributed by atoms with Gasteiger partial charge in [-0.3, -0.25) is 0 Å². The molecule has 1 aromatic heterocycles. The number of nitrogens with zero attached hydrogens (tertiary/aromatic N) is 2. The Morgan fingerprint density at radius 1 is 1.15 bits per heavy atom. The summed E-state index contributed by atoms with van der Waals surface area (Å²) in [6.07, 6.45) is 3.60. The number of nitrogens with one attached hydrogen (secondary N) is 2. The lowest BCUT2D eigenvalue weighted by atomic mass is 10.1. The first-order valence-electron chi connectivity index (χ1n) is 7.72. The molecule has 1 aromatic rings. The van der Waals surface area contributed by atoms with E-state index in [-0.39, 0.29) is 0 Å². The molecule has 3 rings (SSSR count). The van der Waals surface area contributed by atoms with E-state index in [1.54, 1.807) is 0 Å². The second-order valence-electron chi connectivity index (χ2n) is 5.82. The topological polar surface area (TPSA) is 59.1 Å². The molecule has 0 aromatic carbocycles. The van der Waals surface area contributed by atoms with Gasteiger partial charge in [0.1, 0.15) is 17.5 Å². The Bertz CT molecular complexity index is 467. The fraction of sp³-hybridized carbons (Fsp3) is 0.733. The highest BCUT2D eigenvalue weighted by Gasteiger charge is 2.28. The van der Waals surface area contributed by atoms with Crippen LogP contribution in [0, 0.1) is 12.8 Å². The van der Waals surface area contributed by atoms with Gasteiger partial charge in [0.15, 0.2) is 0 Å². The van der Waals surface area contributed by atoms with Crippen LogP contribution in [0.2, 0.25) is 0 Å². The Labute approximate surface area is 120 Å². The third kappa shape index (κ3) is 3.03. The molecule has 0 spiro atoms. The SMILES string of the molecule is CCNc1nc(C2CC2)nc(NCC2CCOC2)c1C. The molecule has 110 valence electrons. The summed E-state index contributed by atoms with van der Waals surface area (Å²) in [4.78, 5) is 9.41. The molecule has 1 saturated heterocycles. The minimum atomic E-state index is 0.573. The lowest BCUT2D eigenvalue weighted by Crippen LogP contribution is -2.17. The van der Waals surface area contributed by atoms with Gasteiger partial charge in [-0.25, -0.2) is 9.97 Å². The van der Waals surface area contributed by atoms with E-state index in [1.165, 1.54) is 12.8 Å². The molecule has 5 nitrogen and oxygen atoms in total. The quantitative estimate of drug-likeness (QED) is 0.836. The van der Waals surface area contributed by atoms with Crippen molar-refractivity contribution < 1.29 is 4.74 Å². The van der Waals surface area contributed by atoms with Crippen LogP contribution in [0.5, 0.6) is 0 Å². The van der Waals surface area contributed by atoms with Crippen molar-refractivity contribution in [2.24, 2.45) is 5.92 Å². The highest BCUT2D eigenvalue weighted by Crippen LogP contribution is 2.39. The van der Waals surface area contributed by atoms with E-state index in [2.05, 4.69) is 29.5 Å². The van der Waals surface area contributed by atoms with Crippen LogP contribution in [0.1, 0.15) is 43.5 Å². The van der Waals surface area contributed by atoms with Crippen molar-refractivity contribution in [3.05, 3.63) is 11.4 Å². The Kier molecular flexibility index (Phi) is 4.05. The highest BCUT2D eigenvalue weighted by molar-refractivity contribution is 5.57. The molecule has 1 unspecified atom stereocenters. The predicted molar refractivity (Wildman–Crippen MR) is 80.3 cm³/mol. The Hall–Kier alpha value is -1.36. The van der Waals surface area contributed by atoms with Crippen molar-refractivity contribution in [1.82, 2.24) is 9.97 Å². The first kappa shape index (κ1) is 13.6. The van der Waals surface area contributed by atoms with E-state index in [0.29, 0.717) is 11.8 Å². The van der Waals surface area contributed by atoms with E-state index >= 15 is 0 Å². The van der Waals surface area contributed by atoms with Gasteiger partial charge in [-0.15, -0.1) is 0 Å². The molecular weight excluding hydrogens is 252 g/mol. The first-order valence-corrected chi connectivity index (χ1v) is 7.72. The van der Waals surface area contributed by atoms with Crippen LogP contribution in [0.15, 0.2) is 0 Å². The van der Waals surface area contributed by atoms with Crippen LogP contribution >= 0.6 is 0 Å². The average Bonchev–Trinajstić information content (AvgIpc) is 3.17. The van der Waals surface area contributed by atoms with E-state index in [0.717, 1.165) is 55.7 Å². The lowest BCUT2D eigenvalue weighted by molar-refractivity contribution is 0.187. The van der Waals surface area contributed by atoms with Gasteiger partial charge >= 0.3 is 0 Å². The van der Waals surface area contributed by atoms with Crippen LogP contribution in [0.4, 0.5) is 11.6 Å². The van der Waals surface area contributed by atoms with E-state index < -0.39 is 0 Å². The van der Waals surface area contributed by atoms with E-state index in [4.69, 9.17) is 9.72 Å². The van der Waals surface area contributed by atoms with Crippen molar-refractivity contribution in [2.75, 3.05) is 36.9 Å². The van der Waals surface area contributed by atoms with Crippen molar-refractivity contribution >= 4 is 11.6 Å². The zero-order chi connectivity index (χ0) is 13.9. The predicted octanol–water partition coefficient (Wildman–Crippen LogP) is 2.54. The molecule has 1 saturated carbocycles. The van der Waals surface area contributed by atoms with Gasteiger partial charge in [0, 0.05) is 37.1 Å². The molecule has 2 fully saturated rings. The van der Waals surface area contributed by atoms with Crippen LogP contribution in [-0.4, -0.2) is 36.3 Å². The van der Waals surface area contributed by atoms with Crippen molar-refractivity contribution in [3.8, 4) is 0 Å². The summed E-state index contributed by atoms with van der Waals surface area (Å²) >= 11 is 0. The molecule has 5 heteroatoms. The molecule has 20 heavy (non-hydrogen) atoms. The maximum absolute atomic E-state index is 5.42. The first-order chi connectivity index (χ1) is 9.78. The summed E-state index contributed by atoms with van der Waals surface area (Å²) in [6.45, 7) is 7.77. The van der Waals surface area contributed by atoms with Gasteiger partial charge in [0.2, 0.25) is 0 Å². The standard InChI is InChI=1S/C15H24N4O/c1-3-16-13-10(2)14(17-8-11-6-7-20-9-11)19-15(18-13)12-4-5-12/h11-12H,3-9H2,1-2H3,(H2,16,17,18,19). The number of hydrogen-bond donors (Lipinski definition) is 2. The molecule has 2 heterocycles.